The van der Waals surface area contributed by atoms with E-state index in [2.05, 4.69) is 10.3 Å². The number of anilines is 1. The molecular formula is C12H11F3N2S. The van der Waals surface area contributed by atoms with Gasteiger partial charge in [0.25, 0.3) is 0 Å². The van der Waals surface area contributed by atoms with Gasteiger partial charge in [-0.1, -0.05) is 0 Å². The van der Waals surface area contributed by atoms with Crippen molar-refractivity contribution in [1.29, 1.82) is 0 Å². The minimum Gasteiger partial charge on any atom is -0.365 e. The Balaban J connectivity index is 1.98. The largest absolute Gasteiger partial charge is 0.417 e. The summed E-state index contributed by atoms with van der Waals surface area (Å²) >= 11 is 1.64. The number of alkyl halides is 3. The van der Waals surface area contributed by atoms with Crippen molar-refractivity contribution in [3.05, 3.63) is 45.8 Å². The lowest BCUT2D eigenvalue weighted by Gasteiger charge is -2.07. The highest BCUT2D eigenvalue weighted by molar-refractivity contribution is 7.11. The molecule has 0 amide bonds. The Labute approximate surface area is 106 Å². The predicted octanol–water partition coefficient (Wildman–Crippen LogP) is 4.08. The van der Waals surface area contributed by atoms with Gasteiger partial charge in [0.05, 0.1) is 12.1 Å². The Kier molecular flexibility index (Phi) is 3.56. The second-order valence-electron chi connectivity index (χ2n) is 3.80. The Bertz CT molecular complexity index is 517. The first-order chi connectivity index (χ1) is 8.45. The fourth-order valence-electron chi connectivity index (χ4n) is 1.42. The number of hydrogen-bond donors (Lipinski definition) is 1. The van der Waals surface area contributed by atoms with Crippen LogP contribution in [0.2, 0.25) is 0 Å². The quantitative estimate of drug-likeness (QED) is 0.910. The zero-order valence-electron chi connectivity index (χ0n) is 9.58. The summed E-state index contributed by atoms with van der Waals surface area (Å²) in [7, 11) is 0. The smallest absolute Gasteiger partial charge is 0.365 e. The summed E-state index contributed by atoms with van der Waals surface area (Å²) in [4.78, 5) is 6.06. The van der Waals surface area contributed by atoms with Crippen LogP contribution in [0, 0.1) is 6.92 Å². The molecule has 6 heteroatoms. The lowest BCUT2D eigenvalue weighted by molar-refractivity contribution is -0.137. The van der Waals surface area contributed by atoms with Crippen LogP contribution in [0.15, 0.2) is 30.5 Å². The molecule has 0 bridgehead atoms. The molecule has 0 atom stereocenters. The van der Waals surface area contributed by atoms with Crippen LogP contribution in [-0.2, 0) is 12.7 Å². The van der Waals surface area contributed by atoms with Gasteiger partial charge < -0.3 is 5.32 Å². The van der Waals surface area contributed by atoms with Gasteiger partial charge in [-0.05, 0) is 31.2 Å². The Morgan fingerprint density at radius 3 is 2.50 bits per heavy atom. The van der Waals surface area contributed by atoms with E-state index in [0.717, 1.165) is 17.1 Å². The number of hydrogen-bond acceptors (Lipinski definition) is 3. The Hall–Kier alpha value is -1.56. The van der Waals surface area contributed by atoms with E-state index in [0.29, 0.717) is 12.4 Å². The predicted molar refractivity (Wildman–Crippen MR) is 65.6 cm³/mol. The van der Waals surface area contributed by atoms with Crippen LogP contribution >= 0.6 is 11.3 Å². The molecule has 1 N–H and O–H groups in total. The van der Waals surface area contributed by atoms with Crippen molar-refractivity contribution < 1.29 is 13.2 Å². The molecule has 0 radical (unpaired) electrons. The van der Waals surface area contributed by atoms with E-state index in [1.807, 2.05) is 19.1 Å². The maximum absolute atomic E-state index is 12.3. The third-order valence-corrected chi connectivity index (χ3v) is 3.33. The molecular weight excluding hydrogens is 261 g/mol. The monoisotopic (exact) mass is 272 g/mol. The molecule has 2 aromatic heterocycles. The van der Waals surface area contributed by atoms with Crippen molar-refractivity contribution in [2.45, 2.75) is 19.6 Å². The van der Waals surface area contributed by atoms with Crippen molar-refractivity contribution in [2.75, 3.05) is 5.32 Å². The number of rotatable bonds is 3. The summed E-state index contributed by atoms with van der Waals surface area (Å²) < 4.78 is 36.9. The van der Waals surface area contributed by atoms with Gasteiger partial charge >= 0.3 is 6.18 Å². The summed E-state index contributed by atoms with van der Waals surface area (Å²) in [5.41, 5.74) is -0.736. The first-order valence-electron chi connectivity index (χ1n) is 5.27. The lowest BCUT2D eigenvalue weighted by atomic mass is 10.3. The van der Waals surface area contributed by atoms with Crippen LogP contribution in [-0.4, -0.2) is 4.98 Å². The molecule has 0 aliphatic rings. The molecule has 2 heterocycles. The van der Waals surface area contributed by atoms with Gasteiger partial charge in [-0.2, -0.15) is 13.2 Å². The van der Waals surface area contributed by atoms with Crippen LogP contribution in [0.25, 0.3) is 0 Å². The van der Waals surface area contributed by atoms with Gasteiger partial charge in [-0.15, -0.1) is 11.3 Å². The van der Waals surface area contributed by atoms with E-state index in [9.17, 15) is 13.2 Å². The molecule has 0 aliphatic carbocycles. The molecule has 0 aliphatic heterocycles. The molecule has 0 fully saturated rings. The standard InChI is InChI=1S/C12H11F3N2S/c1-8-2-4-10(18-8)7-17-11-5-3-9(6-16-11)12(13,14)15/h2-6H,7H2,1H3,(H,16,17). The number of pyridine rings is 1. The van der Waals surface area contributed by atoms with Gasteiger partial charge in [-0.25, -0.2) is 4.98 Å². The summed E-state index contributed by atoms with van der Waals surface area (Å²) in [6, 6.07) is 6.34. The van der Waals surface area contributed by atoms with Crippen LogP contribution < -0.4 is 5.32 Å². The summed E-state index contributed by atoms with van der Waals surface area (Å²) in [6.07, 6.45) is -3.50. The number of nitrogens with one attached hydrogen (secondary N) is 1. The minimum atomic E-state index is -4.34. The molecule has 0 saturated heterocycles. The Morgan fingerprint density at radius 1 is 1.22 bits per heavy atom. The SMILES string of the molecule is Cc1ccc(CNc2ccc(C(F)(F)F)cn2)s1. The fraction of sp³-hybridized carbons (Fsp3) is 0.250. The fourth-order valence-corrected chi connectivity index (χ4v) is 2.25. The summed E-state index contributed by atoms with van der Waals surface area (Å²) in [5, 5.41) is 2.98. The van der Waals surface area contributed by atoms with Gasteiger partial charge in [-0.3, -0.25) is 0 Å². The van der Waals surface area contributed by atoms with E-state index in [1.54, 1.807) is 11.3 Å². The average molecular weight is 272 g/mol. The van der Waals surface area contributed by atoms with Gasteiger partial charge in [0, 0.05) is 16.0 Å². The normalized spacial score (nSPS) is 11.6. The summed E-state index contributed by atoms with van der Waals surface area (Å²) in [6.45, 7) is 2.57. The summed E-state index contributed by atoms with van der Waals surface area (Å²) in [5.74, 6) is 0.439. The lowest BCUT2D eigenvalue weighted by Crippen LogP contribution is -2.06. The van der Waals surface area contributed by atoms with Crippen molar-refractivity contribution in [1.82, 2.24) is 4.98 Å². The Morgan fingerprint density at radius 2 is 2.00 bits per heavy atom. The van der Waals surface area contributed by atoms with Crippen molar-refractivity contribution in [3.63, 3.8) is 0 Å². The number of nitrogens with zero attached hydrogens (tertiary/aromatic N) is 1. The molecule has 2 nitrogen and oxygen atoms in total. The second kappa shape index (κ2) is 4.97. The molecule has 0 spiro atoms. The van der Waals surface area contributed by atoms with E-state index in [1.165, 1.54) is 10.9 Å². The van der Waals surface area contributed by atoms with E-state index in [4.69, 9.17) is 0 Å². The second-order valence-corrected chi connectivity index (χ2v) is 5.17. The maximum atomic E-state index is 12.3. The topological polar surface area (TPSA) is 24.9 Å². The van der Waals surface area contributed by atoms with Crippen LogP contribution in [0.4, 0.5) is 19.0 Å². The number of halogens is 3. The highest BCUT2D eigenvalue weighted by Gasteiger charge is 2.30. The molecule has 0 saturated carbocycles. The molecule has 0 unspecified atom stereocenters. The molecule has 96 valence electrons. The van der Waals surface area contributed by atoms with E-state index < -0.39 is 11.7 Å². The third-order valence-electron chi connectivity index (χ3n) is 2.33. The van der Waals surface area contributed by atoms with Crippen LogP contribution in [0.3, 0.4) is 0 Å². The van der Waals surface area contributed by atoms with Crippen molar-refractivity contribution >= 4 is 17.2 Å². The zero-order chi connectivity index (χ0) is 13.2. The maximum Gasteiger partial charge on any atom is 0.417 e. The van der Waals surface area contributed by atoms with E-state index in [-0.39, 0.29) is 0 Å². The van der Waals surface area contributed by atoms with Crippen LogP contribution in [0.1, 0.15) is 15.3 Å². The van der Waals surface area contributed by atoms with Gasteiger partial charge in [0.2, 0.25) is 0 Å². The highest BCUT2D eigenvalue weighted by atomic mass is 32.1. The molecule has 18 heavy (non-hydrogen) atoms. The van der Waals surface area contributed by atoms with Crippen molar-refractivity contribution in [2.24, 2.45) is 0 Å². The van der Waals surface area contributed by atoms with Crippen molar-refractivity contribution in [3.8, 4) is 0 Å². The first kappa shape index (κ1) is 12.9. The number of thiophene rings is 1. The van der Waals surface area contributed by atoms with Gasteiger partial charge in [0.1, 0.15) is 5.82 Å². The molecule has 0 aromatic carbocycles. The first-order valence-corrected chi connectivity index (χ1v) is 6.09. The minimum absolute atomic E-state index is 0.439. The third kappa shape index (κ3) is 3.22. The zero-order valence-corrected chi connectivity index (χ0v) is 10.4. The average Bonchev–Trinajstić information content (AvgIpc) is 2.72. The molecule has 2 aromatic rings. The highest BCUT2D eigenvalue weighted by Crippen LogP contribution is 2.28. The number of aryl methyl sites for hydroxylation is 1. The van der Waals surface area contributed by atoms with Crippen LogP contribution in [0.5, 0.6) is 0 Å². The van der Waals surface area contributed by atoms with E-state index >= 15 is 0 Å². The number of aromatic nitrogens is 1. The van der Waals surface area contributed by atoms with Gasteiger partial charge in [0.15, 0.2) is 0 Å². The molecule has 2 rings (SSSR count).